The zero-order chi connectivity index (χ0) is 10.7. The van der Waals surface area contributed by atoms with Crippen LogP contribution in [-0.4, -0.2) is 36.6 Å². The molecule has 0 atom stereocenters. The zero-order valence-electron chi connectivity index (χ0n) is 7.54. The van der Waals surface area contributed by atoms with E-state index >= 15 is 0 Å². The normalized spacial score (nSPS) is 10.4. The fourth-order valence-electron chi connectivity index (χ4n) is 0.984. The van der Waals surface area contributed by atoms with Gasteiger partial charge in [-0.3, -0.25) is 4.79 Å². The standard InChI is InChI=1S/C7H7N5O3/c13-6(14)2-1-5-9-7(11-15-5)4-3-8-12-10-4/h3H,1-2H2,(H,13,14)(H,8,10,12). The van der Waals surface area contributed by atoms with Crippen molar-refractivity contribution in [2.75, 3.05) is 0 Å². The molecule has 0 saturated heterocycles. The summed E-state index contributed by atoms with van der Waals surface area (Å²) in [5.41, 5.74) is 0.459. The van der Waals surface area contributed by atoms with Gasteiger partial charge in [-0.2, -0.15) is 20.4 Å². The topological polar surface area (TPSA) is 118 Å². The number of aromatic amines is 1. The first-order valence-electron chi connectivity index (χ1n) is 4.16. The van der Waals surface area contributed by atoms with Crippen molar-refractivity contribution in [3.05, 3.63) is 12.1 Å². The van der Waals surface area contributed by atoms with E-state index in [-0.39, 0.29) is 18.7 Å². The number of nitrogens with zero attached hydrogens (tertiary/aromatic N) is 4. The third-order valence-electron chi connectivity index (χ3n) is 1.66. The van der Waals surface area contributed by atoms with Gasteiger partial charge in [0.2, 0.25) is 11.7 Å². The summed E-state index contributed by atoms with van der Waals surface area (Å²) in [4.78, 5) is 14.3. The second kappa shape index (κ2) is 3.86. The molecule has 2 rings (SSSR count). The van der Waals surface area contributed by atoms with Crippen LogP contribution in [0.4, 0.5) is 0 Å². The number of carbonyl (C=O) groups is 1. The quantitative estimate of drug-likeness (QED) is 0.719. The van der Waals surface area contributed by atoms with E-state index < -0.39 is 5.97 Å². The third kappa shape index (κ3) is 2.16. The molecule has 2 aromatic heterocycles. The van der Waals surface area contributed by atoms with Crippen LogP contribution < -0.4 is 0 Å². The first-order valence-corrected chi connectivity index (χ1v) is 4.16. The Hall–Kier alpha value is -2.25. The molecule has 15 heavy (non-hydrogen) atoms. The van der Waals surface area contributed by atoms with Gasteiger partial charge in [-0.25, -0.2) is 0 Å². The number of aryl methyl sites for hydroxylation is 1. The van der Waals surface area contributed by atoms with Gasteiger partial charge in [0, 0.05) is 6.42 Å². The molecule has 0 radical (unpaired) electrons. The molecule has 0 amide bonds. The Balaban J connectivity index is 2.08. The SMILES string of the molecule is O=C(O)CCc1nc(-c2cn[nH]n2)no1. The number of carboxylic acids is 1. The summed E-state index contributed by atoms with van der Waals surface area (Å²) in [5, 5.41) is 21.8. The van der Waals surface area contributed by atoms with E-state index in [9.17, 15) is 4.79 Å². The Morgan fingerprint density at radius 2 is 2.47 bits per heavy atom. The van der Waals surface area contributed by atoms with Gasteiger partial charge in [0.05, 0.1) is 12.6 Å². The number of aromatic nitrogens is 5. The number of hydrogen-bond acceptors (Lipinski definition) is 6. The van der Waals surface area contributed by atoms with Crippen LogP contribution in [-0.2, 0) is 11.2 Å². The van der Waals surface area contributed by atoms with Crippen LogP contribution in [0.1, 0.15) is 12.3 Å². The molecule has 2 aromatic rings. The Kier molecular flexibility index (Phi) is 2.40. The van der Waals surface area contributed by atoms with Crippen molar-refractivity contribution in [3.63, 3.8) is 0 Å². The lowest BCUT2D eigenvalue weighted by molar-refractivity contribution is -0.137. The molecule has 78 valence electrons. The summed E-state index contributed by atoms with van der Waals surface area (Å²) in [7, 11) is 0. The van der Waals surface area contributed by atoms with Crippen LogP contribution in [0, 0.1) is 0 Å². The molecular formula is C7H7N5O3. The van der Waals surface area contributed by atoms with E-state index in [0.29, 0.717) is 11.5 Å². The fourth-order valence-corrected chi connectivity index (χ4v) is 0.984. The average molecular weight is 209 g/mol. The van der Waals surface area contributed by atoms with Crippen molar-refractivity contribution in [1.29, 1.82) is 0 Å². The van der Waals surface area contributed by atoms with Gasteiger partial charge in [-0.05, 0) is 0 Å². The van der Waals surface area contributed by atoms with Crippen LogP contribution in [0.25, 0.3) is 11.5 Å². The molecule has 0 bridgehead atoms. The van der Waals surface area contributed by atoms with Gasteiger partial charge < -0.3 is 9.63 Å². The minimum atomic E-state index is -0.906. The molecule has 0 aliphatic carbocycles. The molecule has 8 nitrogen and oxygen atoms in total. The summed E-state index contributed by atoms with van der Waals surface area (Å²) in [5.74, 6) is -0.337. The number of rotatable bonds is 4. The van der Waals surface area contributed by atoms with E-state index in [1.807, 2.05) is 0 Å². The molecule has 0 spiro atoms. The van der Waals surface area contributed by atoms with Crippen molar-refractivity contribution in [2.24, 2.45) is 0 Å². The van der Waals surface area contributed by atoms with E-state index in [2.05, 4.69) is 25.6 Å². The van der Waals surface area contributed by atoms with E-state index in [0.717, 1.165) is 0 Å². The predicted molar refractivity (Wildman–Crippen MR) is 45.6 cm³/mol. The Morgan fingerprint density at radius 1 is 1.60 bits per heavy atom. The average Bonchev–Trinajstić information content (AvgIpc) is 2.85. The maximum atomic E-state index is 10.3. The van der Waals surface area contributed by atoms with Crippen molar-refractivity contribution in [3.8, 4) is 11.5 Å². The molecule has 0 aliphatic rings. The van der Waals surface area contributed by atoms with E-state index in [1.54, 1.807) is 0 Å². The van der Waals surface area contributed by atoms with Gasteiger partial charge in [0.15, 0.2) is 5.69 Å². The van der Waals surface area contributed by atoms with Gasteiger partial charge in [-0.1, -0.05) is 5.16 Å². The summed E-state index contributed by atoms with van der Waals surface area (Å²) in [6, 6.07) is 0. The van der Waals surface area contributed by atoms with Crippen LogP contribution >= 0.6 is 0 Å². The Bertz CT molecular complexity index is 449. The van der Waals surface area contributed by atoms with Crippen molar-refractivity contribution < 1.29 is 14.4 Å². The van der Waals surface area contributed by atoms with E-state index in [4.69, 9.17) is 9.63 Å². The van der Waals surface area contributed by atoms with Crippen molar-refractivity contribution in [2.45, 2.75) is 12.8 Å². The molecule has 0 aromatic carbocycles. The van der Waals surface area contributed by atoms with Gasteiger partial charge in [0.25, 0.3) is 0 Å². The Labute approximate surface area is 83.3 Å². The fraction of sp³-hybridized carbons (Fsp3) is 0.286. The van der Waals surface area contributed by atoms with Gasteiger partial charge in [-0.15, -0.1) is 0 Å². The Morgan fingerprint density at radius 3 is 3.13 bits per heavy atom. The first-order chi connectivity index (χ1) is 7.25. The zero-order valence-corrected chi connectivity index (χ0v) is 7.54. The molecule has 0 unspecified atom stereocenters. The number of nitrogens with one attached hydrogen (secondary N) is 1. The first kappa shape index (κ1) is 9.31. The highest BCUT2D eigenvalue weighted by atomic mass is 16.5. The van der Waals surface area contributed by atoms with Crippen LogP contribution in [0.3, 0.4) is 0 Å². The van der Waals surface area contributed by atoms with Crippen LogP contribution in [0.15, 0.2) is 10.7 Å². The predicted octanol–water partition coefficient (Wildman–Crippen LogP) is -0.128. The number of H-pyrrole nitrogens is 1. The highest BCUT2D eigenvalue weighted by Crippen LogP contribution is 2.11. The maximum absolute atomic E-state index is 10.3. The summed E-state index contributed by atoms with van der Waals surface area (Å²) < 4.78 is 4.83. The molecule has 0 fully saturated rings. The number of aliphatic carboxylic acids is 1. The summed E-state index contributed by atoms with van der Waals surface area (Å²) in [6.07, 6.45) is 1.62. The highest BCUT2D eigenvalue weighted by molar-refractivity contribution is 5.66. The number of hydrogen-bond donors (Lipinski definition) is 2. The van der Waals surface area contributed by atoms with Gasteiger partial charge >= 0.3 is 5.97 Å². The third-order valence-corrected chi connectivity index (χ3v) is 1.66. The lowest BCUT2D eigenvalue weighted by Crippen LogP contribution is -1.97. The van der Waals surface area contributed by atoms with Gasteiger partial charge in [0.1, 0.15) is 0 Å². The van der Waals surface area contributed by atoms with Crippen LogP contribution in [0.2, 0.25) is 0 Å². The minimum absolute atomic E-state index is 0.0412. The molecule has 2 heterocycles. The molecule has 0 saturated carbocycles. The van der Waals surface area contributed by atoms with Crippen molar-refractivity contribution in [1.82, 2.24) is 25.6 Å². The smallest absolute Gasteiger partial charge is 0.303 e. The summed E-state index contributed by atoms with van der Waals surface area (Å²) >= 11 is 0. The summed E-state index contributed by atoms with van der Waals surface area (Å²) in [6.45, 7) is 0. The molecule has 2 N–H and O–H groups in total. The number of carboxylic acid groups (broad SMARTS) is 1. The van der Waals surface area contributed by atoms with Crippen molar-refractivity contribution >= 4 is 5.97 Å². The molecule has 8 heteroatoms. The highest BCUT2D eigenvalue weighted by Gasteiger charge is 2.11. The van der Waals surface area contributed by atoms with Crippen LogP contribution in [0.5, 0.6) is 0 Å². The maximum Gasteiger partial charge on any atom is 0.303 e. The lowest BCUT2D eigenvalue weighted by atomic mass is 10.3. The molecular weight excluding hydrogens is 202 g/mol. The second-order valence-electron chi connectivity index (χ2n) is 2.76. The monoisotopic (exact) mass is 209 g/mol. The van der Waals surface area contributed by atoms with E-state index in [1.165, 1.54) is 6.20 Å². The largest absolute Gasteiger partial charge is 0.481 e. The molecule has 0 aliphatic heterocycles. The minimum Gasteiger partial charge on any atom is -0.481 e. The second-order valence-corrected chi connectivity index (χ2v) is 2.76. The lowest BCUT2D eigenvalue weighted by Gasteiger charge is -1.86.